The SMILES string of the molecule is CC1=C(C)C(C)[C]([Zr+2]([CH3])([CH3])[PH]c2ccccc2)=C1C.[Cl-].[Cl-].[SiH4]. The maximum absolute atomic E-state index is 2.61. The molecule has 22 heavy (non-hydrogen) atoms. The van der Waals surface area contributed by atoms with Crippen molar-refractivity contribution in [2.24, 2.45) is 5.92 Å². The molecular formula is C17H29Cl2PSiZr. The van der Waals surface area contributed by atoms with E-state index in [2.05, 4.69) is 67.3 Å². The van der Waals surface area contributed by atoms with Crippen LogP contribution in [0.4, 0.5) is 0 Å². The van der Waals surface area contributed by atoms with Crippen molar-refractivity contribution in [1.29, 1.82) is 0 Å². The first kappa shape index (κ1) is 25.1. The fourth-order valence-corrected chi connectivity index (χ4v) is 20.4. The van der Waals surface area contributed by atoms with Crippen LogP contribution in [-0.2, 0) is 19.7 Å². The van der Waals surface area contributed by atoms with E-state index in [0.717, 1.165) is 5.87 Å². The summed E-state index contributed by atoms with van der Waals surface area (Å²) in [7, 11) is 0. The molecule has 0 radical (unpaired) electrons. The minimum atomic E-state index is -2.18. The molecule has 1 aliphatic rings. The molecule has 0 saturated carbocycles. The minimum absolute atomic E-state index is 0. The van der Waals surface area contributed by atoms with Crippen LogP contribution in [0.1, 0.15) is 27.7 Å². The van der Waals surface area contributed by atoms with Crippen LogP contribution in [0.15, 0.2) is 50.3 Å². The standard InChI is InChI=1S/C9H13.C6H6P.2CH3.2ClH.H4Si.Zr/c1-6-5-7(2)9(4)8(6)3;7-6-4-2-1-3-5-6;;;;;;/h6H,1-4H3;1-5,7H;2*1H3;2*1H;1H4;/q;-1;;;;;;+3/p-2. The monoisotopic (exact) mass is 452 g/mol. The van der Waals surface area contributed by atoms with Crippen LogP contribution >= 0.6 is 5.87 Å². The van der Waals surface area contributed by atoms with Crippen molar-refractivity contribution in [2.45, 2.75) is 37.0 Å². The van der Waals surface area contributed by atoms with Gasteiger partial charge in [0.2, 0.25) is 0 Å². The van der Waals surface area contributed by atoms with Gasteiger partial charge in [-0.2, -0.15) is 0 Å². The molecule has 0 spiro atoms. The Balaban J connectivity index is 0. The van der Waals surface area contributed by atoms with Gasteiger partial charge in [0, 0.05) is 0 Å². The van der Waals surface area contributed by atoms with E-state index >= 15 is 0 Å². The molecule has 0 nitrogen and oxygen atoms in total. The number of halogens is 2. The van der Waals surface area contributed by atoms with E-state index in [1.165, 1.54) is 0 Å². The number of hydrogen-bond donors (Lipinski definition) is 0. The van der Waals surface area contributed by atoms with E-state index in [4.69, 9.17) is 0 Å². The van der Waals surface area contributed by atoms with E-state index in [1.54, 1.807) is 22.0 Å². The van der Waals surface area contributed by atoms with Crippen LogP contribution in [0.25, 0.3) is 0 Å². The maximum Gasteiger partial charge on any atom is -0.0149 e. The Morgan fingerprint density at radius 2 is 1.41 bits per heavy atom. The topological polar surface area (TPSA) is 0 Å². The molecule has 0 amide bonds. The third-order valence-corrected chi connectivity index (χ3v) is 19.4. The van der Waals surface area contributed by atoms with Crippen molar-refractivity contribution in [3.8, 4) is 0 Å². The summed E-state index contributed by atoms with van der Waals surface area (Å²) >= 11 is -2.18. The second kappa shape index (κ2) is 9.95. The van der Waals surface area contributed by atoms with E-state index in [1.807, 2.05) is 3.28 Å². The molecular weight excluding hydrogens is 425 g/mol. The van der Waals surface area contributed by atoms with Crippen molar-refractivity contribution in [1.82, 2.24) is 0 Å². The fourth-order valence-electron chi connectivity index (χ4n) is 3.32. The summed E-state index contributed by atoms with van der Waals surface area (Å²) in [5.41, 5.74) is 4.79. The Bertz CT molecular complexity index is 553. The molecule has 1 aliphatic carbocycles. The van der Waals surface area contributed by atoms with Crippen LogP contribution in [-0.4, -0.2) is 11.0 Å². The predicted octanol–water partition coefficient (Wildman–Crippen LogP) is -2.03. The summed E-state index contributed by atoms with van der Waals surface area (Å²) in [5, 5.41) is 1.55. The second-order valence-corrected chi connectivity index (χ2v) is 25.6. The van der Waals surface area contributed by atoms with Crippen molar-refractivity contribution < 1.29 is 44.5 Å². The van der Waals surface area contributed by atoms with E-state index in [0.29, 0.717) is 5.92 Å². The van der Waals surface area contributed by atoms with Crippen LogP contribution in [0.2, 0.25) is 9.26 Å². The van der Waals surface area contributed by atoms with E-state index < -0.39 is 19.7 Å². The summed E-state index contributed by atoms with van der Waals surface area (Å²) in [5.74, 6) is 1.74. The van der Waals surface area contributed by atoms with Gasteiger partial charge in [0.1, 0.15) is 0 Å². The van der Waals surface area contributed by atoms with Gasteiger partial charge < -0.3 is 24.8 Å². The molecule has 1 aromatic carbocycles. The summed E-state index contributed by atoms with van der Waals surface area (Å²) in [6.07, 6.45) is 0. The third kappa shape index (κ3) is 5.15. The first-order chi connectivity index (χ1) is 8.84. The molecule has 2 unspecified atom stereocenters. The summed E-state index contributed by atoms with van der Waals surface area (Å²) in [6.45, 7) is 9.40. The first-order valence-corrected chi connectivity index (χ1v) is 17.9. The first-order valence-electron chi connectivity index (χ1n) is 7.07. The van der Waals surface area contributed by atoms with E-state index in [9.17, 15) is 0 Å². The smallest absolute Gasteiger partial charge is 0.0149 e. The van der Waals surface area contributed by atoms with Gasteiger partial charge in [-0.1, -0.05) is 0 Å². The predicted molar refractivity (Wildman–Crippen MR) is 97.7 cm³/mol. The number of rotatable bonds is 3. The number of hydrogen-bond acceptors (Lipinski definition) is 0. The van der Waals surface area contributed by atoms with Crippen molar-refractivity contribution in [2.75, 3.05) is 0 Å². The molecule has 124 valence electrons. The van der Waals surface area contributed by atoms with Crippen LogP contribution in [0.3, 0.4) is 0 Å². The Kier molecular flexibility index (Phi) is 11.3. The quantitative estimate of drug-likeness (QED) is 0.365. The second-order valence-electron chi connectivity index (χ2n) is 6.18. The van der Waals surface area contributed by atoms with Crippen LogP contribution in [0, 0.1) is 5.92 Å². The van der Waals surface area contributed by atoms with Crippen molar-refractivity contribution in [3.05, 3.63) is 50.3 Å². The maximum atomic E-state index is 2.61. The van der Waals surface area contributed by atoms with Crippen molar-refractivity contribution in [3.63, 3.8) is 0 Å². The Morgan fingerprint density at radius 1 is 0.909 bits per heavy atom. The number of benzene rings is 1. The molecule has 5 heteroatoms. The molecule has 0 saturated heterocycles. The molecule has 0 aliphatic heterocycles. The minimum Gasteiger partial charge on any atom is -1.00 e. The van der Waals surface area contributed by atoms with E-state index in [-0.39, 0.29) is 35.8 Å². The van der Waals surface area contributed by atoms with Gasteiger partial charge in [-0.3, -0.25) is 0 Å². The largest absolute Gasteiger partial charge is 1.00 e. The normalized spacial score (nSPS) is 17.5. The van der Waals surface area contributed by atoms with Gasteiger partial charge in [0.05, 0.1) is 0 Å². The molecule has 0 aromatic heterocycles. The Morgan fingerprint density at radius 3 is 1.82 bits per heavy atom. The average Bonchev–Trinajstić information content (AvgIpc) is 2.55. The molecule has 0 fully saturated rings. The molecule has 0 heterocycles. The van der Waals surface area contributed by atoms with Gasteiger partial charge in [-0.05, 0) is 11.0 Å². The molecule has 1 aromatic rings. The van der Waals surface area contributed by atoms with Crippen molar-refractivity contribution >= 4 is 22.1 Å². The Hall–Kier alpha value is 0.810. The average molecular weight is 455 g/mol. The van der Waals surface area contributed by atoms with Crippen LogP contribution in [0.5, 0.6) is 0 Å². The summed E-state index contributed by atoms with van der Waals surface area (Å²) in [4.78, 5) is 0. The van der Waals surface area contributed by atoms with Gasteiger partial charge >= 0.3 is 124 Å². The summed E-state index contributed by atoms with van der Waals surface area (Å²) < 4.78 is 7.08. The third-order valence-electron chi connectivity index (χ3n) is 4.54. The van der Waals surface area contributed by atoms with Gasteiger partial charge in [0.15, 0.2) is 0 Å². The molecule has 0 bridgehead atoms. The fraction of sp³-hybridized carbons (Fsp3) is 0.412. The van der Waals surface area contributed by atoms with Gasteiger partial charge in [0.25, 0.3) is 0 Å². The molecule has 0 N–H and O–H groups in total. The Labute approximate surface area is 158 Å². The van der Waals surface area contributed by atoms with Crippen LogP contribution < -0.4 is 30.1 Å². The molecule has 2 atom stereocenters. The zero-order chi connectivity index (χ0) is 14.2. The zero-order valence-electron chi connectivity index (χ0n) is 13.7. The van der Waals surface area contributed by atoms with Gasteiger partial charge in [-0.25, -0.2) is 0 Å². The number of allylic oxidation sites excluding steroid dienone is 4. The zero-order valence-corrected chi connectivity index (χ0v) is 18.7. The summed E-state index contributed by atoms with van der Waals surface area (Å²) in [6, 6.07) is 11.1. The molecule has 2 rings (SSSR count). The van der Waals surface area contributed by atoms with Gasteiger partial charge in [-0.15, -0.1) is 0 Å².